The fraction of sp³-hybridized carbons (Fsp3) is 0.167. The highest BCUT2D eigenvalue weighted by molar-refractivity contribution is 6.11. The van der Waals surface area contributed by atoms with Crippen LogP contribution < -0.4 is 5.32 Å². The highest BCUT2D eigenvalue weighted by Crippen LogP contribution is 2.18. The molecular weight excluding hydrogens is 385 g/mol. The predicted molar refractivity (Wildman–Crippen MR) is 114 cm³/mol. The number of halogens is 1. The van der Waals surface area contributed by atoms with E-state index in [1.807, 2.05) is 0 Å². The Morgan fingerprint density at radius 3 is 2.33 bits per heavy atom. The van der Waals surface area contributed by atoms with E-state index in [-0.39, 0.29) is 18.0 Å². The van der Waals surface area contributed by atoms with E-state index in [4.69, 9.17) is 4.74 Å². The summed E-state index contributed by atoms with van der Waals surface area (Å²) in [4.78, 5) is 25.3. The summed E-state index contributed by atoms with van der Waals surface area (Å²) in [6.45, 7) is 5.38. The molecule has 30 heavy (non-hydrogen) atoms. The minimum atomic E-state index is -0.790. The van der Waals surface area contributed by atoms with Gasteiger partial charge in [0.05, 0.1) is 7.11 Å². The molecule has 2 N–H and O–H groups in total. The number of benzene rings is 2. The van der Waals surface area contributed by atoms with Crippen molar-refractivity contribution in [1.29, 1.82) is 0 Å². The second-order valence-electron chi connectivity index (χ2n) is 6.45. The van der Waals surface area contributed by atoms with Crippen molar-refractivity contribution < 1.29 is 23.8 Å². The summed E-state index contributed by atoms with van der Waals surface area (Å²) in [5.41, 5.74) is 1.80. The number of Topliss-reactive ketones (excluding diaryl/α,β-unsaturated/α-hetero) is 1. The lowest BCUT2D eigenvalue weighted by Gasteiger charge is -2.21. The maximum absolute atomic E-state index is 13.2. The monoisotopic (exact) mass is 409 g/mol. The van der Waals surface area contributed by atoms with Gasteiger partial charge in [0, 0.05) is 23.3 Å². The lowest BCUT2D eigenvalue weighted by Crippen LogP contribution is -2.40. The van der Waals surface area contributed by atoms with Gasteiger partial charge in [-0.3, -0.25) is 4.79 Å². The number of carbonyl (C=O) groups excluding carboxylic acids is 2. The zero-order valence-electron chi connectivity index (χ0n) is 16.9. The summed E-state index contributed by atoms with van der Waals surface area (Å²) in [6, 6.07) is 10.9. The number of ketones is 1. The Kier molecular flexibility index (Phi) is 8.11. The third-order valence-corrected chi connectivity index (χ3v) is 4.41. The lowest BCUT2D eigenvalue weighted by atomic mass is 9.98. The average molecular weight is 409 g/mol. The number of methoxy groups -OCH3 is 1. The molecule has 2 rings (SSSR count). The molecule has 0 saturated heterocycles. The summed E-state index contributed by atoms with van der Waals surface area (Å²) >= 11 is 0. The van der Waals surface area contributed by atoms with Crippen LogP contribution in [0, 0.1) is 5.82 Å². The fourth-order valence-corrected chi connectivity index (χ4v) is 2.89. The Labute approximate surface area is 175 Å². The zero-order chi connectivity index (χ0) is 22.1. The van der Waals surface area contributed by atoms with Crippen molar-refractivity contribution in [2.24, 2.45) is 0 Å². The number of nitrogens with one attached hydrogen (secondary N) is 1. The van der Waals surface area contributed by atoms with Crippen molar-refractivity contribution in [1.82, 2.24) is 5.32 Å². The first-order valence-electron chi connectivity index (χ1n) is 9.31. The normalized spacial score (nSPS) is 12.8. The molecule has 0 aliphatic heterocycles. The standard InChI is InChI=1S/C24H24FNO4/c1-4-6-21(20(5-2)23(28)17-9-11-18(25)12-10-17)26-22(24(29)30-3)15-16-7-13-19(27)14-8-16/h4-14,22,26-27H,1,15H2,2-3H3/b20-5+,21-6+. The molecule has 0 fully saturated rings. The van der Waals surface area contributed by atoms with Crippen molar-refractivity contribution in [3.05, 3.63) is 102 Å². The predicted octanol–water partition coefficient (Wildman–Crippen LogP) is 4.10. The van der Waals surface area contributed by atoms with Crippen LogP contribution in [-0.4, -0.2) is 30.0 Å². The third-order valence-electron chi connectivity index (χ3n) is 4.41. The molecule has 2 aromatic rings. The van der Waals surface area contributed by atoms with E-state index in [0.29, 0.717) is 16.8 Å². The number of phenols is 1. The van der Waals surface area contributed by atoms with Crippen LogP contribution in [-0.2, 0) is 16.0 Å². The smallest absolute Gasteiger partial charge is 0.328 e. The van der Waals surface area contributed by atoms with Crippen LogP contribution in [0.3, 0.4) is 0 Å². The summed E-state index contributed by atoms with van der Waals surface area (Å²) in [7, 11) is 1.28. The van der Waals surface area contributed by atoms with Crippen molar-refractivity contribution in [2.45, 2.75) is 19.4 Å². The number of ether oxygens (including phenoxy) is 1. The summed E-state index contributed by atoms with van der Waals surface area (Å²) < 4.78 is 18.1. The number of esters is 1. The Balaban J connectivity index is 2.32. The van der Waals surface area contributed by atoms with Crippen molar-refractivity contribution >= 4 is 11.8 Å². The Hall–Kier alpha value is -3.67. The molecule has 0 aromatic heterocycles. The largest absolute Gasteiger partial charge is 0.508 e. The number of hydrogen-bond acceptors (Lipinski definition) is 5. The molecule has 1 unspecified atom stereocenters. The van der Waals surface area contributed by atoms with Gasteiger partial charge in [-0.15, -0.1) is 0 Å². The second kappa shape index (κ2) is 10.8. The van der Waals surface area contributed by atoms with Crippen LogP contribution in [0.15, 0.2) is 84.6 Å². The SMILES string of the molecule is C=C/C=C(NC(Cc1ccc(O)cc1)C(=O)OC)\C(=C/C)C(=O)c1ccc(F)cc1. The topological polar surface area (TPSA) is 75.6 Å². The molecule has 0 saturated carbocycles. The maximum Gasteiger partial charge on any atom is 0.328 e. The maximum atomic E-state index is 13.2. The molecule has 0 bridgehead atoms. The Bertz CT molecular complexity index is 960. The minimum absolute atomic E-state index is 0.120. The Morgan fingerprint density at radius 2 is 1.80 bits per heavy atom. The first kappa shape index (κ1) is 22.6. The molecule has 0 aliphatic rings. The minimum Gasteiger partial charge on any atom is -0.508 e. The molecule has 2 aromatic carbocycles. The van der Waals surface area contributed by atoms with E-state index in [0.717, 1.165) is 5.56 Å². The van der Waals surface area contributed by atoms with E-state index in [1.165, 1.54) is 49.6 Å². The van der Waals surface area contributed by atoms with Crippen molar-refractivity contribution in [3.8, 4) is 5.75 Å². The van der Waals surface area contributed by atoms with Crippen LogP contribution in [0.5, 0.6) is 5.75 Å². The quantitative estimate of drug-likeness (QED) is 0.282. The van der Waals surface area contributed by atoms with E-state index in [9.17, 15) is 19.1 Å². The highest BCUT2D eigenvalue weighted by atomic mass is 19.1. The van der Waals surface area contributed by atoms with Gasteiger partial charge in [0.25, 0.3) is 0 Å². The molecule has 0 aliphatic carbocycles. The van der Waals surface area contributed by atoms with Crippen molar-refractivity contribution in [2.75, 3.05) is 7.11 Å². The van der Waals surface area contributed by atoms with Gasteiger partial charge in [0.2, 0.25) is 0 Å². The summed E-state index contributed by atoms with van der Waals surface area (Å²) in [5, 5.41) is 12.5. The highest BCUT2D eigenvalue weighted by Gasteiger charge is 2.24. The molecule has 156 valence electrons. The fourth-order valence-electron chi connectivity index (χ4n) is 2.89. The van der Waals surface area contributed by atoms with Crippen molar-refractivity contribution in [3.63, 3.8) is 0 Å². The molecule has 0 spiro atoms. The average Bonchev–Trinajstić information content (AvgIpc) is 2.75. The molecule has 0 heterocycles. The van der Waals surface area contributed by atoms with Gasteiger partial charge in [-0.2, -0.15) is 0 Å². The molecule has 1 atom stereocenters. The molecular formula is C24H24FNO4. The number of allylic oxidation sites excluding steroid dienone is 4. The number of carbonyl (C=O) groups is 2. The van der Waals surface area contributed by atoms with Crippen LogP contribution in [0.2, 0.25) is 0 Å². The van der Waals surface area contributed by atoms with Gasteiger partial charge in [-0.05, 0) is 55.0 Å². The van der Waals surface area contributed by atoms with Crippen LogP contribution in [0.1, 0.15) is 22.8 Å². The summed E-state index contributed by atoms with van der Waals surface area (Å²) in [6.07, 6.45) is 4.97. The molecule has 0 radical (unpaired) electrons. The number of aromatic hydroxyl groups is 1. The van der Waals surface area contributed by atoms with E-state index < -0.39 is 17.8 Å². The first-order valence-corrected chi connectivity index (χ1v) is 9.31. The lowest BCUT2D eigenvalue weighted by molar-refractivity contribution is -0.142. The van der Waals surface area contributed by atoms with Gasteiger partial charge in [0.1, 0.15) is 17.6 Å². The number of phenolic OH excluding ortho intramolecular Hbond substituents is 1. The van der Waals surface area contributed by atoms with E-state index in [1.54, 1.807) is 31.2 Å². The van der Waals surface area contributed by atoms with E-state index >= 15 is 0 Å². The second-order valence-corrected chi connectivity index (χ2v) is 6.45. The van der Waals surface area contributed by atoms with Gasteiger partial charge in [-0.25, -0.2) is 9.18 Å². The molecule has 6 heteroatoms. The van der Waals surface area contributed by atoms with Gasteiger partial charge < -0.3 is 15.2 Å². The number of rotatable bonds is 9. The van der Waals surface area contributed by atoms with Gasteiger partial charge in [0.15, 0.2) is 5.78 Å². The molecule has 0 amide bonds. The number of hydrogen-bond donors (Lipinski definition) is 2. The summed E-state index contributed by atoms with van der Waals surface area (Å²) in [5.74, 6) is -1.16. The van der Waals surface area contributed by atoms with Crippen LogP contribution in [0.25, 0.3) is 0 Å². The molecule has 5 nitrogen and oxygen atoms in total. The van der Waals surface area contributed by atoms with Crippen LogP contribution in [0.4, 0.5) is 4.39 Å². The van der Waals surface area contributed by atoms with Crippen LogP contribution >= 0.6 is 0 Å². The third kappa shape index (κ3) is 5.91. The van der Waals surface area contributed by atoms with Gasteiger partial charge in [-0.1, -0.05) is 30.9 Å². The Morgan fingerprint density at radius 1 is 1.17 bits per heavy atom. The first-order chi connectivity index (χ1) is 14.4. The van der Waals surface area contributed by atoms with E-state index in [2.05, 4.69) is 11.9 Å². The zero-order valence-corrected chi connectivity index (χ0v) is 16.9. The van der Waals surface area contributed by atoms with Gasteiger partial charge >= 0.3 is 5.97 Å².